The van der Waals surface area contributed by atoms with Crippen molar-refractivity contribution in [2.75, 3.05) is 0 Å². The van der Waals surface area contributed by atoms with Gasteiger partial charge in [-0.2, -0.15) is 0 Å². The Morgan fingerprint density at radius 2 is 0.395 bits per heavy atom. The molecule has 0 N–H and O–H groups in total. The van der Waals surface area contributed by atoms with Crippen LogP contribution >= 0.6 is 90.7 Å². The average molecular weight is 2170 g/mol. The number of hydrogen-bond donors (Lipinski definition) is 0. The maximum atomic E-state index is 2.61. The summed E-state index contributed by atoms with van der Waals surface area (Å²) in [4.78, 5) is 11.9. The van der Waals surface area contributed by atoms with Crippen LogP contribution in [-0.2, 0) is 0 Å². The van der Waals surface area contributed by atoms with Crippen molar-refractivity contribution in [2.24, 2.45) is 0 Å². The van der Waals surface area contributed by atoms with Crippen molar-refractivity contribution in [1.82, 2.24) is 0 Å². The molecule has 0 aliphatic heterocycles. The maximum absolute atomic E-state index is 2.61. The van der Waals surface area contributed by atoms with Gasteiger partial charge in [0.1, 0.15) is 0 Å². The Morgan fingerprint density at radius 3 is 0.526 bits per heavy atom. The molecule has 404 valence electrons. The number of rotatable bonds is 4. The second-order valence-electron chi connectivity index (χ2n) is 25.1. The van der Waals surface area contributed by atoms with Gasteiger partial charge in [-0.1, -0.05) is 157 Å². The molecule has 8 heterocycles. The van der Waals surface area contributed by atoms with Crippen LogP contribution in [0.25, 0.3) is 83.5 Å². The largest absolute Gasteiger partial charge is 0.143 e. The van der Waals surface area contributed by atoms with Crippen LogP contribution < -0.4 is 18.0 Å². The molecular formula is C56H84S8Si8Th4. The van der Waals surface area contributed by atoms with Crippen molar-refractivity contribution in [3.63, 3.8) is 0 Å². The molecule has 10 rings (SSSR count). The zero-order valence-electron chi connectivity index (χ0n) is 50.2. The van der Waals surface area contributed by atoms with Gasteiger partial charge in [0, 0.05) is 239 Å². The maximum Gasteiger partial charge on any atom is 0.0904 e. The predicted octanol–water partition coefficient (Wildman–Crippen LogP) is 21.5. The topological polar surface area (TPSA) is 0 Å². The average Bonchev–Trinajstić information content (AvgIpc) is 4.06. The molecule has 8 aromatic rings. The van der Waals surface area contributed by atoms with E-state index in [0.29, 0.717) is 0 Å². The van der Waals surface area contributed by atoms with Gasteiger partial charge in [-0.3, -0.25) is 0 Å². The van der Waals surface area contributed by atoms with Crippen LogP contribution in [0.1, 0.15) is 0 Å². The van der Waals surface area contributed by atoms with Crippen LogP contribution in [0.3, 0.4) is 0 Å². The molecule has 2 aliphatic carbocycles. The van der Waals surface area contributed by atoms with E-state index in [1.165, 1.54) is 64.0 Å². The van der Waals surface area contributed by atoms with Crippen LogP contribution in [0.4, 0.5) is 0 Å². The summed E-state index contributed by atoms with van der Waals surface area (Å²) < 4.78 is 6.56. The fourth-order valence-electron chi connectivity index (χ4n) is 7.31. The first kappa shape index (κ1) is 78.6. The van der Waals surface area contributed by atoms with Crippen molar-refractivity contribution >= 4 is 176 Å². The van der Waals surface area contributed by atoms with Crippen molar-refractivity contribution < 1.29 is 160 Å². The van der Waals surface area contributed by atoms with Crippen LogP contribution in [0.5, 0.6) is 0 Å². The van der Waals surface area contributed by atoms with Crippen molar-refractivity contribution in [3.05, 3.63) is 70.1 Å². The molecule has 0 fully saturated rings. The summed E-state index contributed by atoms with van der Waals surface area (Å²) >= 11 is 15.9. The van der Waals surface area contributed by atoms with Crippen LogP contribution in [0.2, 0.25) is 157 Å². The third kappa shape index (κ3) is 21.5. The van der Waals surface area contributed by atoms with Crippen molar-refractivity contribution in [2.45, 2.75) is 157 Å². The molecular weight excluding hydrogens is 2080 g/mol. The fourth-order valence-corrected chi connectivity index (χ4v) is 23.8. The Kier molecular flexibility index (Phi) is 35.0. The molecule has 2 aliphatic rings. The molecule has 0 saturated heterocycles. The smallest absolute Gasteiger partial charge is 0.0904 e. The molecule has 0 amide bonds. The van der Waals surface area contributed by atoms with E-state index in [1.54, 1.807) is 37.5 Å². The van der Waals surface area contributed by atoms with Gasteiger partial charge in [0.05, 0.1) is 71.3 Å². The molecule has 0 unspecified atom stereocenters. The molecule has 20 heteroatoms. The summed E-state index contributed by atoms with van der Waals surface area (Å²) in [7, 11) is -5.24. The predicted molar refractivity (Wildman–Crippen MR) is 372 cm³/mol. The summed E-state index contributed by atoms with van der Waals surface area (Å²) in [6.45, 7) is 57.3. The van der Waals surface area contributed by atoms with E-state index in [9.17, 15) is 0 Å². The van der Waals surface area contributed by atoms with E-state index in [1.807, 2.05) is 45.3 Å². The molecule has 0 aromatic carbocycles. The fraction of sp³-hybridized carbons (Fsp3) is 0.429. The van der Waals surface area contributed by atoms with E-state index >= 15 is 0 Å². The first-order valence-corrected chi connectivity index (χ1v) is 58.0. The minimum absolute atomic E-state index is 0. The molecule has 0 spiro atoms. The quantitative estimate of drug-likeness (QED) is 0.154. The van der Waals surface area contributed by atoms with Gasteiger partial charge in [0.15, 0.2) is 0 Å². The Hall–Kier alpha value is 4.63. The first-order chi connectivity index (χ1) is 33.2. The summed E-state index contributed by atoms with van der Waals surface area (Å²) in [5.41, 5.74) is 11.7. The standard InChI is InChI=1S/C28H40S4Si4.C16H8S4.4C3H9Si.4Th/c1-33(2,3)21-13-17-18-14-22(34(4,5)6)31-27(18)28-20(16-24(32-28)36(10,11)12)19-15-23(35(7,8)9)30-26(19)25(17)29-21;1-5-17-13-9(1)10-2-6-18-14(10)16-12(4-8-20-16)11-3-7-19-15(11)13;4*1-4(2)3;;;;/h13-16H,1-12H3;1-8H;4*1-3H3;;;;. The van der Waals surface area contributed by atoms with Crippen molar-refractivity contribution in [3.8, 4) is 83.5 Å². The minimum atomic E-state index is -1.43. The van der Waals surface area contributed by atoms with Crippen LogP contribution in [-0.4, -0.2) is 67.5 Å². The Balaban J connectivity index is 0.000000606. The molecule has 4 radical (unpaired) electrons. The van der Waals surface area contributed by atoms with Gasteiger partial charge >= 0.3 is 0 Å². The normalized spacial score (nSPS) is 11.7. The SMILES string of the molecule is C[Si](C)(C)c1cc2c(s1)-c1sc([Si](C)(C)C)cc1-c1cc([Si](C)(C)C)sc1-c1sc([Si](C)(C)C)cc1-2.C[Si](C)C.C[Si](C)C.C[Si](C)C.C[Si](C)C.[Th].[Th].[Th].[Th].c1cc2c(s1)-c1sccc1-c1ccsc1-c1sccc1-2. The molecule has 76 heavy (non-hydrogen) atoms. The first-order valence-electron chi connectivity index (χ1n) is 25.2. The van der Waals surface area contributed by atoms with Crippen LogP contribution in [0, 0.1) is 160 Å². The van der Waals surface area contributed by atoms with E-state index in [4.69, 9.17) is 0 Å². The van der Waals surface area contributed by atoms with Gasteiger partial charge in [0.2, 0.25) is 0 Å². The zero-order chi connectivity index (χ0) is 54.0. The number of thiophene rings is 8. The van der Waals surface area contributed by atoms with Crippen molar-refractivity contribution in [1.29, 1.82) is 0 Å². The zero-order valence-corrected chi connectivity index (χ0v) is 81.2. The third-order valence-electron chi connectivity index (χ3n) is 10.5. The number of hydrogen-bond acceptors (Lipinski definition) is 8. The second-order valence-corrected chi connectivity index (χ2v) is 66.5. The molecule has 0 saturated carbocycles. The summed E-state index contributed by atoms with van der Waals surface area (Å²) in [5.74, 6) is 0. The third-order valence-corrected chi connectivity index (χ3v) is 33.7. The number of fused-ring (bicyclic) bond motifs is 16. The molecule has 0 bridgehead atoms. The van der Waals surface area contributed by atoms with E-state index < -0.39 is 32.3 Å². The second kappa shape index (κ2) is 33.8. The Bertz CT molecular complexity index is 2390. The van der Waals surface area contributed by atoms with E-state index in [2.05, 4.69) is 273 Å². The summed E-state index contributed by atoms with van der Waals surface area (Å²) in [6, 6.07) is 19.5. The van der Waals surface area contributed by atoms with Gasteiger partial charge < -0.3 is 0 Å². The van der Waals surface area contributed by atoms with E-state index in [0.717, 1.165) is 0 Å². The molecule has 8 aromatic heterocycles. The Labute approximate surface area is 634 Å². The van der Waals surface area contributed by atoms with Crippen LogP contribution in [0.15, 0.2) is 70.1 Å². The minimum Gasteiger partial charge on any atom is -0.143 e. The molecule has 0 atom stereocenters. The van der Waals surface area contributed by atoms with Gasteiger partial charge in [0.25, 0.3) is 0 Å². The van der Waals surface area contributed by atoms with Gasteiger partial charge in [-0.25, -0.2) is 0 Å². The van der Waals surface area contributed by atoms with E-state index in [-0.39, 0.29) is 195 Å². The Morgan fingerprint density at radius 1 is 0.250 bits per heavy atom. The van der Waals surface area contributed by atoms with Gasteiger partial charge in [-0.15, -0.1) is 90.7 Å². The summed E-state index contributed by atoms with van der Waals surface area (Å²) in [5, 5.41) is 8.87. The summed E-state index contributed by atoms with van der Waals surface area (Å²) in [6.07, 6.45) is 0. The monoisotopic (exact) mass is 2160 g/mol. The molecule has 0 nitrogen and oxygen atoms in total. The van der Waals surface area contributed by atoms with Gasteiger partial charge in [-0.05, 0) is 88.1 Å².